The molecular formula is C12H17F3N2O2S. The summed E-state index contributed by atoms with van der Waals surface area (Å²) in [5.74, 6) is -4.94. The van der Waals surface area contributed by atoms with Gasteiger partial charge in [0, 0.05) is 12.6 Å². The van der Waals surface area contributed by atoms with Crippen molar-refractivity contribution in [1.29, 1.82) is 0 Å². The molecule has 4 nitrogen and oxygen atoms in total. The van der Waals surface area contributed by atoms with E-state index in [9.17, 15) is 21.6 Å². The first-order chi connectivity index (χ1) is 9.25. The molecule has 1 rings (SSSR count). The van der Waals surface area contributed by atoms with Crippen molar-refractivity contribution >= 4 is 10.0 Å². The molecule has 114 valence electrons. The quantitative estimate of drug-likeness (QED) is 0.596. The molecular weight excluding hydrogens is 293 g/mol. The highest BCUT2D eigenvalue weighted by atomic mass is 32.2. The fourth-order valence-corrected chi connectivity index (χ4v) is 2.62. The van der Waals surface area contributed by atoms with Crippen molar-refractivity contribution in [2.24, 2.45) is 0 Å². The maximum Gasteiger partial charge on any atom is 0.243 e. The molecule has 0 aromatic heterocycles. The molecule has 0 heterocycles. The van der Waals surface area contributed by atoms with Crippen molar-refractivity contribution in [2.45, 2.75) is 31.2 Å². The van der Waals surface area contributed by atoms with E-state index in [1.807, 2.05) is 13.8 Å². The topological polar surface area (TPSA) is 58.2 Å². The Morgan fingerprint density at radius 2 is 1.75 bits per heavy atom. The standard InChI is InChI=1S/C12H17F3N2O2S/c1-8(2)16-6-3-7-17-20(18,19)10-5-4-9(13)11(14)12(10)15/h4-5,8,16-17H,3,6-7H2,1-2H3. The van der Waals surface area contributed by atoms with E-state index in [2.05, 4.69) is 10.0 Å². The number of rotatable bonds is 7. The Balaban J connectivity index is 2.68. The third-order valence-electron chi connectivity index (χ3n) is 2.49. The summed E-state index contributed by atoms with van der Waals surface area (Å²) in [6, 6.07) is 1.55. The van der Waals surface area contributed by atoms with Crippen LogP contribution in [0.4, 0.5) is 13.2 Å². The van der Waals surface area contributed by atoms with Crippen molar-refractivity contribution in [1.82, 2.24) is 10.0 Å². The Morgan fingerprint density at radius 1 is 1.10 bits per heavy atom. The summed E-state index contributed by atoms with van der Waals surface area (Å²) in [6.45, 7) is 4.54. The van der Waals surface area contributed by atoms with Gasteiger partial charge in [-0.3, -0.25) is 0 Å². The largest absolute Gasteiger partial charge is 0.314 e. The first-order valence-corrected chi connectivity index (χ1v) is 7.60. The van der Waals surface area contributed by atoms with Crippen LogP contribution in [-0.2, 0) is 10.0 Å². The zero-order valence-electron chi connectivity index (χ0n) is 11.2. The lowest BCUT2D eigenvalue weighted by Crippen LogP contribution is -2.30. The lowest BCUT2D eigenvalue weighted by molar-refractivity contribution is 0.431. The highest BCUT2D eigenvalue weighted by Gasteiger charge is 2.23. The van der Waals surface area contributed by atoms with E-state index < -0.39 is 32.4 Å². The van der Waals surface area contributed by atoms with E-state index in [0.717, 1.165) is 0 Å². The summed E-state index contributed by atoms with van der Waals surface area (Å²) >= 11 is 0. The number of hydrogen-bond donors (Lipinski definition) is 2. The first-order valence-electron chi connectivity index (χ1n) is 6.12. The summed E-state index contributed by atoms with van der Waals surface area (Å²) in [5.41, 5.74) is 0. The maximum atomic E-state index is 13.4. The van der Waals surface area contributed by atoms with Gasteiger partial charge in [0.05, 0.1) is 0 Å². The minimum Gasteiger partial charge on any atom is -0.314 e. The Bertz CT molecular complexity index is 562. The minimum absolute atomic E-state index is 0.0699. The van der Waals surface area contributed by atoms with Crippen LogP contribution >= 0.6 is 0 Å². The Hall–Kier alpha value is -1.12. The van der Waals surface area contributed by atoms with Gasteiger partial charge in [0.2, 0.25) is 10.0 Å². The second-order valence-corrected chi connectivity index (χ2v) is 6.27. The normalized spacial score (nSPS) is 12.1. The molecule has 0 spiro atoms. The van der Waals surface area contributed by atoms with E-state index in [0.29, 0.717) is 25.1 Å². The second kappa shape index (κ2) is 7.05. The number of nitrogens with one attached hydrogen (secondary N) is 2. The fourth-order valence-electron chi connectivity index (χ4n) is 1.48. The molecule has 0 aliphatic heterocycles. The molecule has 0 aliphatic rings. The van der Waals surface area contributed by atoms with Crippen LogP contribution in [0.15, 0.2) is 17.0 Å². The summed E-state index contributed by atoms with van der Waals surface area (Å²) in [7, 11) is -4.19. The maximum absolute atomic E-state index is 13.4. The molecule has 8 heteroatoms. The number of hydrogen-bond acceptors (Lipinski definition) is 3. The van der Waals surface area contributed by atoms with Crippen molar-refractivity contribution in [2.75, 3.05) is 13.1 Å². The van der Waals surface area contributed by atoms with Crippen LogP contribution in [0.25, 0.3) is 0 Å². The van der Waals surface area contributed by atoms with Gasteiger partial charge in [-0.05, 0) is 25.1 Å². The van der Waals surface area contributed by atoms with Gasteiger partial charge >= 0.3 is 0 Å². The van der Waals surface area contributed by atoms with Crippen molar-refractivity contribution in [3.63, 3.8) is 0 Å². The molecule has 20 heavy (non-hydrogen) atoms. The Kier molecular flexibility index (Phi) is 5.97. The Labute approximate surface area is 116 Å². The Morgan fingerprint density at radius 3 is 2.35 bits per heavy atom. The van der Waals surface area contributed by atoms with E-state index in [1.54, 1.807) is 0 Å². The van der Waals surface area contributed by atoms with Crippen molar-refractivity contribution < 1.29 is 21.6 Å². The molecule has 1 aromatic rings. The van der Waals surface area contributed by atoms with Gasteiger partial charge in [-0.15, -0.1) is 0 Å². The lowest BCUT2D eigenvalue weighted by Gasteiger charge is -2.10. The van der Waals surface area contributed by atoms with Gasteiger partial charge in [0.1, 0.15) is 4.90 Å². The number of sulfonamides is 1. The zero-order chi connectivity index (χ0) is 15.3. The molecule has 0 radical (unpaired) electrons. The molecule has 0 bridgehead atoms. The van der Waals surface area contributed by atoms with Gasteiger partial charge in [0.15, 0.2) is 17.5 Å². The van der Waals surface area contributed by atoms with Crippen LogP contribution in [0, 0.1) is 17.5 Å². The van der Waals surface area contributed by atoms with Crippen LogP contribution in [0.1, 0.15) is 20.3 Å². The summed E-state index contributed by atoms with van der Waals surface area (Å²) in [5, 5.41) is 3.08. The van der Waals surface area contributed by atoms with Gasteiger partial charge in [-0.2, -0.15) is 0 Å². The van der Waals surface area contributed by atoms with E-state index in [4.69, 9.17) is 0 Å². The minimum atomic E-state index is -4.19. The second-order valence-electron chi connectivity index (χ2n) is 4.53. The average molecular weight is 310 g/mol. The molecule has 0 unspecified atom stereocenters. The fraction of sp³-hybridized carbons (Fsp3) is 0.500. The molecule has 0 saturated carbocycles. The lowest BCUT2D eigenvalue weighted by atomic mass is 10.3. The van der Waals surface area contributed by atoms with Crippen LogP contribution in [0.3, 0.4) is 0 Å². The average Bonchev–Trinajstić information content (AvgIpc) is 2.34. The molecule has 1 aromatic carbocycles. The number of benzene rings is 1. The van der Waals surface area contributed by atoms with Crippen molar-refractivity contribution in [3.05, 3.63) is 29.6 Å². The van der Waals surface area contributed by atoms with Gasteiger partial charge in [0.25, 0.3) is 0 Å². The predicted molar refractivity (Wildman–Crippen MR) is 69.3 cm³/mol. The van der Waals surface area contributed by atoms with Gasteiger partial charge in [-0.25, -0.2) is 26.3 Å². The van der Waals surface area contributed by atoms with Crippen LogP contribution in [-0.4, -0.2) is 27.5 Å². The summed E-state index contributed by atoms with van der Waals surface area (Å²) in [4.78, 5) is -0.895. The van der Waals surface area contributed by atoms with Gasteiger partial charge in [-0.1, -0.05) is 13.8 Å². The molecule has 0 aliphatic carbocycles. The highest BCUT2D eigenvalue weighted by molar-refractivity contribution is 7.89. The van der Waals surface area contributed by atoms with E-state index in [1.165, 1.54) is 0 Å². The van der Waals surface area contributed by atoms with E-state index in [-0.39, 0.29) is 12.6 Å². The highest BCUT2D eigenvalue weighted by Crippen LogP contribution is 2.19. The zero-order valence-corrected chi connectivity index (χ0v) is 12.0. The van der Waals surface area contributed by atoms with Crippen LogP contribution in [0.5, 0.6) is 0 Å². The first kappa shape index (κ1) is 16.9. The smallest absolute Gasteiger partial charge is 0.243 e. The van der Waals surface area contributed by atoms with Gasteiger partial charge < -0.3 is 5.32 Å². The predicted octanol–water partition coefficient (Wildman–Crippen LogP) is 1.77. The van der Waals surface area contributed by atoms with Crippen molar-refractivity contribution in [3.8, 4) is 0 Å². The van der Waals surface area contributed by atoms with Crippen LogP contribution < -0.4 is 10.0 Å². The molecule has 0 amide bonds. The molecule has 0 atom stereocenters. The van der Waals surface area contributed by atoms with E-state index >= 15 is 0 Å². The molecule has 0 fully saturated rings. The third kappa shape index (κ3) is 4.46. The molecule has 0 saturated heterocycles. The van der Waals surface area contributed by atoms with Crippen LogP contribution in [0.2, 0.25) is 0 Å². The third-order valence-corrected chi connectivity index (χ3v) is 3.97. The summed E-state index contributed by atoms with van der Waals surface area (Å²) < 4.78 is 64.8. The number of halogens is 3. The SMILES string of the molecule is CC(C)NCCCNS(=O)(=O)c1ccc(F)c(F)c1F. The summed E-state index contributed by atoms with van der Waals surface area (Å²) in [6.07, 6.45) is 0.489. The monoisotopic (exact) mass is 310 g/mol. The molecule has 2 N–H and O–H groups in total.